The van der Waals surface area contributed by atoms with Crippen LogP contribution in [0, 0.1) is 0 Å². The van der Waals surface area contributed by atoms with E-state index in [9.17, 15) is 4.79 Å². The van der Waals surface area contributed by atoms with Crippen LogP contribution >= 0.6 is 0 Å². The zero-order chi connectivity index (χ0) is 24.5. The van der Waals surface area contributed by atoms with E-state index < -0.39 is 0 Å². The number of aryl methyl sites for hydroxylation is 1. The first-order valence-corrected chi connectivity index (χ1v) is 11.2. The van der Waals surface area contributed by atoms with E-state index >= 15 is 0 Å². The Labute approximate surface area is 203 Å². The summed E-state index contributed by atoms with van der Waals surface area (Å²) in [6.07, 6.45) is 7.45. The van der Waals surface area contributed by atoms with Gasteiger partial charge in [-0.2, -0.15) is 5.10 Å². The molecule has 3 aromatic heterocycles. The van der Waals surface area contributed by atoms with Crippen LogP contribution in [0.4, 0.5) is 27.7 Å². The monoisotopic (exact) mass is 464 g/mol. The summed E-state index contributed by atoms with van der Waals surface area (Å²) in [6.45, 7) is 0. The predicted molar refractivity (Wildman–Crippen MR) is 142 cm³/mol. The quantitative estimate of drug-likeness (QED) is 0.372. The van der Waals surface area contributed by atoms with E-state index in [-0.39, 0.29) is 5.81 Å². The highest BCUT2D eigenvalue weighted by Crippen LogP contribution is 2.33. The summed E-state index contributed by atoms with van der Waals surface area (Å²) in [6, 6.07) is 15.8. The van der Waals surface area contributed by atoms with E-state index in [1.807, 2.05) is 80.5 Å². The van der Waals surface area contributed by atoms with Gasteiger partial charge in [-0.15, -0.1) is 0 Å². The van der Waals surface area contributed by atoms with Gasteiger partial charge in [-0.05, 0) is 30.3 Å². The smallest absolute Gasteiger partial charge is 0.216 e. The summed E-state index contributed by atoms with van der Waals surface area (Å²) in [4.78, 5) is 22.8. The molecule has 2 aromatic carbocycles. The van der Waals surface area contributed by atoms with E-state index in [1.165, 1.54) is 7.85 Å². The number of anilines is 4. The van der Waals surface area contributed by atoms with Crippen LogP contribution in [0.15, 0.2) is 73.3 Å². The largest absolute Gasteiger partial charge is 0.378 e. The maximum Gasteiger partial charge on any atom is 0.216 e. The Morgan fingerprint density at radius 3 is 2.66 bits per heavy atom. The van der Waals surface area contributed by atoms with Gasteiger partial charge < -0.3 is 15.5 Å². The normalized spacial score (nSPS) is 10.9. The Kier molecular flexibility index (Phi) is 5.70. The molecule has 5 aromatic rings. The molecular weight excluding hydrogens is 439 g/mol. The van der Waals surface area contributed by atoms with Gasteiger partial charge in [0.05, 0.1) is 11.9 Å². The van der Waals surface area contributed by atoms with Gasteiger partial charge in [-0.25, -0.2) is 9.97 Å². The summed E-state index contributed by atoms with van der Waals surface area (Å²) in [5.74, 6) is 0.543. The second-order valence-corrected chi connectivity index (χ2v) is 8.51. The summed E-state index contributed by atoms with van der Waals surface area (Å²) in [5, 5.41) is 10.9. The minimum Gasteiger partial charge on any atom is -0.378 e. The van der Waals surface area contributed by atoms with Crippen LogP contribution in [-0.2, 0) is 7.05 Å². The maximum atomic E-state index is 11.5. The molecule has 0 saturated heterocycles. The molecule has 0 aliphatic heterocycles. The van der Waals surface area contributed by atoms with Gasteiger partial charge in [0, 0.05) is 67.9 Å². The van der Waals surface area contributed by atoms with Crippen molar-refractivity contribution in [3.8, 4) is 22.5 Å². The lowest BCUT2D eigenvalue weighted by Gasteiger charge is -2.14. The van der Waals surface area contributed by atoms with Crippen molar-refractivity contribution in [2.75, 3.05) is 29.6 Å². The molecule has 0 saturated carbocycles. The number of carbonyl (C=O) groups excluding carboxylic acids is 1. The first-order valence-electron chi connectivity index (χ1n) is 11.2. The SMILES string of the molecule is BC(=O)Nc1cccc(-c2nn(C)cc2-c2cnc3c(Nc4cccc(N(C)C)c4)nccn23)c1. The lowest BCUT2D eigenvalue weighted by molar-refractivity contribution is 0.269. The van der Waals surface area contributed by atoms with E-state index in [1.54, 1.807) is 10.9 Å². The highest BCUT2D eigenvalue weighted by molar-refractivity contribution is 6.60. The van der Waals surface area contributed by atoms with Gasteiger partial charge in [0.15, 0.2) is 17.3 Å². The van der Waals surface area contributed by atoms with E-state index in [4.69, 9.17) is 5.10 Å². The molecule has 174 valence electrons. The molecule has 0 atom stereocenters. The third kappa shape index (κ3) is 4.46. The fourth-order valence-electron chi connectivity index (χ4n) is 4.04. The van der Waals surface area contributed by atoms with Crippen LogP contribution in [0.1, 0.15) is 0 Å². The van der Waals surface area contributed by atoms with Crippen molar-refractivity contribution >= 4 is 42.2 Å². The molecule has 0 radical (unpaired) electrons. The van der Waals surface area contributed by atoms with Crippen molar-refractivity contribution in [1.82, 2.24) is 24.1 Å². The fraction of sp³-hybridized carbons (Fsp3) is 0.120. The molecule has 3 heterocycles. The van der Waals surface area contributed by atoms with Crippen LogP contribution in [0.2, 0.25) is 0 Å². The van der Waals surface area contributed by atoms with Gasteiger partial charge in [-0.3, -0.25) is 13.9 Å². The zero-order valence-electron chi connectivity index (χ0n) is 20.0. The van der Waals surface area contributed by atoms with Gasteiger partial charge in [0.1, 0.15) is 5.69 Å². The molecule has 0 fully saturated rings. The van der Waals surface area contributed by atoms with Crippen molar-refractivity contribution in [3.63, 3.8) is 0 Å². The van der Waals surface area contributed by atoms with Gasteiger partial charge in [0.25, 0.3) is 0 Å². The number of amides is 1. The van der Waals surface area contributed by atoms with Crippen molar-refractivity contribution in [3.05, 3.63) is 73.3 Å². The number of imidazole rings is 1. The number of nitrogens with one attached hydrogen (secondary N) is 2. The molecular formula is C25H25BN8O. The van der Waals surface area contributed by atoms with Gasteiger partial charge in [-0.1, -0.05) is 18.2 Å². The number of hydrogen-bond acceptors (Lipinski definition) is 6. The molecule has 0 spiro atoms. The molecule has 1 amide bonds. The highest BCUT2D eigenvalue weighted by atomic mass is 16.1. The Balaban J connectivity index is 1.55. The zero-order valence-corrected chi connectivity index (χ0v) is 20.0. The first kappa shape index (κ1) is 22.2. The molecule has 0 aliphatic carbocycles. The molecule has 0 bridgehead atoms. The lowest BCUT2D eigenvalue weighted by atomic mass is 10.0. The van der Waals surface area contributed by atoms with Crippen LogP contribution in [-0.4, -0.2) is 51.9 Å². The number of nitrogens with zero attached hydrogens (tertiary/aromatic N) is 6. The van der Waals surface area contributed by atoms with E-state index in [0.717, 1.165) is 39.6 Å². The minimum absolute atomic E-state index is 0.117. The van der Waals surface area contributed by atoms with Crippen molar-refractivity contribution < 1.29 is 4.79 Å². The standard InChI is InChI=1S/C25H25BN8O/c1-32(2)19-9-5-8-18(13-19)29-23-24-28-14-21(34(24)11-10-27-23)20-15-33(3)31-22(20)16-6-4-7-17(12-16)30-25(26)35/h4-15H,26H2,1-3H3,(H,27,29)(H,30,35). The topological polar surface area (TPSA) is 92.4 Å². The van der Waals surface area contributed by atoms with Crippen LogP contribution in [0.25, 0.3) is 28.2 Å². The maximum absolute atomic E-state index is 11.5. The first-order chi connectivity index (χ1) is 16.9. The average Bonchev–Trinajstić information content (AvgIpc) is 3.43. The molecule has 0 unspecified atom stereocenters. The van der Waals surface area contributed by atoms with Crippen LogP contribution in [0.5, 0.6) is 0 Å². The number of hydrogen-bond donors (Lipinski definition) is 2. The lowest BCUT2D eigenvalue weighted by Crippen LogP contribution is -2.08. The summed E-state index contributed by atoms with van der Waals surface area (Å²) >= 11 is 0. The Bertz CT molecular complexity index is 1540. The van der Waals surface area contributed by atoms with Crippen molar-refractivity contribution in [2.45, 2.75) is 0 Å². The number of fused-ring (bicyclic) bond motifs is 1. The fourth-order valence-corrected chi connectivity index (χ4v) is 4.04. The van der Waals surface area contributed by atoms with E-state index in [2.05, 4.69) is 37.6 Å². The average molecular weight is 464 g/mol. The molecule has 9 nitrogen and oxygen atoms in total. The van der Waals surface area contributed by atoms with E-state index in [0.29, 0.717) is 11.5 Å². The number of benzene rings is 2. The number of aromatic nitrogens is 5. The molecule has 10 heteroatoms. The summed E-state index contributed by atoms with van der Waals surface area (Å²) in [5.41, 5.74) is 6.96. The number of carbonyl (C=O) groups is 1. The Morgan fingerprint density at radius 2 is 1.86 bits per heavy atom. The van der Waals surface area contributed by atoms with Gasteiger partial charge >= 0.3 is 0 Å². The number of rotatable bonds is 6. The highest BCUT2D eigenvalue weighted by Gasteiger charge is 2.18. The third-order valence-electron chi connectivity index (χ3n) is 5.61. The van der Waals surface area contributed by atoms with Crippen molar-refractivity contribution in [1.29, 1.82) is 0 Å². The molecule has 5 rings (SSSR count). The predicted octanol–water partition coefficient (Wildman–Crippen LogP) is 3.77. The summed E-state index contributed by atoms with van der Waals surface area (Å²) < 4.78 is 3.78. The Hall–Kier alpha value is -4.60. The van der Waals surface area contributed by atoms with Crippen LogP contribution in [0.3, 0.4) is 0 Å². The van der Waals surface area contributed by atoms with Crippen molar-refractivity contribution in [2.24, 2.45) is 7.05 Å². The second-order valence-electron chi connectivity index (χ2n) is 8.51. The van der Waals surface area contributed by atoms with Gasteiger partial charge in [0.2, 0.25) is 7.85 Å². The molecule has 2 N–H and O–H groups in total. The molecule has 0 aliphatic rings. The minimum atomic E-state index is -0.117. The molecule has 35 heavy (non-hydrogen) atoms. The Morgan fingerprint density at radius 1 is 1.06 bits per heavy atom. The second kappa shape index (κ2) is 8.98. The summed E-state index contributed by atoms with van der Waals surface area (Å²) in [7, 11) is 7.40. The third-order valence-corrected chi connectivity index (χ3v) is 5.61. The van der Waals surface area contributed by atoms with Crippen LogP contribution < -0.4 is 15.5 Å².